The molecule has 0 saturated carbocycles. The van der Waals surface area contributed by atoms with Crippen LogP contribution in [0.1, 0.15) is 75.4 Å². The Balaban J connectivity index is 0.000000224. The van der Waals surface area contributed by atoms with Crippen molar-refractivity contribution in [3.63, 3.8) is 0 Å². The molecule has 0 spiro atoms. The van der Waals surface area contributed by atoms with Gasteiger partial charge in [0.15, 0.2) is 0 Å². The normalized spacial score (nSPS) is 12.0. The zero-order valence-corrected chi connectivity index (χ0v) is 15.0. The molecule has 1 aromatic heterocycles. The largest absolute Gasteiger partial charge is 0.264 e. The molecule has 0 aliphatic carbocycles. The molecule has 1 nitrogen and oxygen atoms in total. The standard InChI is InChI=1S/C11H17N.C9H13B/c1-8(2)10-5-11(9(3)4)7-12-6-10;1-2-9(10)8-6-4-3-5-7-8/h5-9H,1-4H3;3-7,9H,2,10H2,1H3. The lowest BCUT2D eigenvalue weighted by Gasteiger charge is -2.09. The number of aromatic nitrogens is 1. The van der Waals surface area contributed by atoms with E-state index in [-0.39, 0.29) is 0 Å². The minimum absolute atomic E-state index is 0.580. The van der Waals surface area contributed by atoms with Gasteiger partial charge in [-0.1, -0.05) is 83.0 Å². The molecule has 0 aliphatic heterocycles. The molecule has 2 aromatic rings. The zero-order valence-electron chi connectivity index (χ0n) is 15.0. The molecular weight excluding hydrogens is 265 g/mol. The van der Waals surface area contributed by atoms with Crippen LogP contribution in [0.4, 0.5) is 0 Å². The quantitative estimate of drug-likeness (QED) is 0.715. The van der Waals surface area contributed by atoms with Gasteiger partial charge in [0.1, 0.15) is 7.85 Å². The summed E-state index contributed by atoms with van der Waals surface area (Å²) < 4.78 is 0. The van der Waals surface area contributed by atoms with Crippen molar-refractivity contribution in [2.75, 3.05) is 0 Å². The van der Waals surface area contributed by atoms with Crippen molar-refractivity contribution in [3.8, 4) is 0 Å². The highest BCUT2D eigenvalue weighted by Crippen LogP contribution is 2.19. The Morgan fingerprint density at radius 1 is 0.864 bits per heavy atom. The Kier molecular flexibility index (Phi) is 7.94. The van der Waals surface area contributed by atoms with E-state index in [4.69, 9.17) is 0 Å². The second kappa shape index (κ2) is 9.45. The van der Waals surface area contributed by atoms with Crippen molar-refractivity contribution < 1.29 is 0 Å². The molecule has 0 N–H and O–H groups in total. The molecule has 118 valence electrons. The highest BCUT2D eigenvalue weighted by molar-refractivity contribution is 6.12. The number of pyridine rings is 1. The first kappa shape index (κ1) is 18.5. The summed E-state index contributed by atoms with van der Waals surface area (Å²) in [6.07, 6.45) is 5.14. The maximum atomic E-state index is 4.23. The number of benzene rings is 1. The van der Waals surface area contributed by atoms with Crippen LogP contribution in [-0.2, 0) is 0 Å². The van der Waals surface area contributed by atoms with E-state index in [0.717, 1.165) is 0 Å². The van der Waals surface area contributed by atoms with E-state index in [2.05, 4.69) is 83.8 Å². The SMILES string of the molecule is BC(CC)c1ccccc1.CC(C)c1cncc(C(C)C)c1. The van der Waals surface area contributed by atoms with Crippen molar-refractivity contribution in [2.45, 2.75) is 58.7 Å². The molecule has 2 rings (SSSR count). The molecular formula is C20H30BN. The van der Waals surface area contributed by atoms with E-state index in [1.165, 1.54) is 23.1 Å². The molecule has 1 heterocycles. The Hall–Kier alpha value is -1.57. The van der Waals surface area contributed by atoms with E-state index in [9.17, 15) is 0 Å². The van der Waals surface area contributed by atoms with Gasteiger partial charge >= 0.3 is 0 Å². The fraction of sp³-hybridized carbons (Fsp3) is 0.450. The number of rotatable bonds is 4. The molecule has 1 unspecified atom stereocenters. The second-order valence-electron chi connectivity index (χ2n) is 6.58. The van der Waals surface area contributed by atoms with Crippen molar-refractivity contribution in [1.29, 1.82) is 0 Å². The lowest BCUT2D eigenvalue weighted by Crippen LogP contribution is -1.94. The second-order valence-corrected chi connectivity index (χ2v) is 6.58. The number of hydrogen-bond donors (Lipinski definition) is 0. The summed E-state index contributed by atoms with van der Waals surface area (Å²) >= 11 is 0. The summed E-state index contributed by atoms with van der Waals surface area (Å²) in [5.74, 6) is 1.87. The fourth-order valence-electron chi connectivity index (χ4n) is 2.13. The molecule has 0 bridgehead atoms. The van der Waals surface area contributed by atoms with E-state index in [1.54, 1.807) is 0 Å². The first-order valence-corrected chi connectivity index (χ1v) is 8.45. The smallest absolute Gasteiger partial charge is 0.111 e. The van der Waals surface area contributed by atoms with E-state index < -0.39 is 0 Å². The van der Waals surface area contributed by atoms with Gasteiger partial charge in [0.25, 0.3) is 0 Å². The van der Waals surface area contributed by atoms with Crippen molar-refractivity contribution in [3.05, 3.63) is 65.5 Å². The zero-order chi connectivity index (χ0) is 16.5. The summed E-state index contributed by atoms with van der Waals surface area (Å²) in [5.41, 5.74) is 4.12. The van der Waals surface area contributed by atoms with Crippen LogP contribution in [-0.4, -0.2) is 12.8 Å². The van der Waals surface area contributed by atoms with E-state index in [0.29, 0.717) is 17.7 Å². The third-order valence-electron chi connectivity index (χ3n) is 4.09. The predicted octanol–water partition coefficient (Wildman–Crippen LogP) is 5.10. The van der Waals surface area contributed by atoms with E-state index in [1.807, 2.05) is 12.4 Å². The lowest BCUT2D eigenvalue weighted by molar-refractivity contribution is 0.820. The third kappa shape index (κ3) is 6.05. The van der Waals surface area contributed by atoms with Crippen molar-refractivity contribution in [1.82, 2.24) is 4.98 Å². The first-order valence-electron chi connectivity index (χ1n) is 8.45. The molecule has 1 aromatic carbocycles. The topological polar surface area (TPSA) is 12.9 Å². The Labute approximate surface area is 137 Å². The van der Waals surface area contributed by atoms with Gasteiger partial charge in [0.05, 0.1) is 0 Å². The number of nitrogens with zero attached hydrogens (tertiary/aromatic N) is 1. The average Bonchev–Trinajstić information content (AvgIpc) is 2.55. The molecule has 0 amide bonds. The fourth-order valence-corrected chi connectivity index (χ4v) is 2.13. The monoisotopic (exact) mass is 295 g/mol. The van der Waals surface area contributed by atoms with Gasteiger partial charge in [-0.05, 0) is 28.8 Å². The summed E-state index contributed by atoms with van der Waals surface area (Å²) in [4.78, 5) is 4.23. The van der Waals surface area contributed by atoms with Crippen LogP contribution < -0.4 is 0 Å². The molecule has 0 fully saturated rings. The van der Waals surface area contributed by atoms with Gasteiger partial charge < -0.3 is 0 Å². The summed E-state index contributed by atoms with van der Waals surface area (Å²) in [6.45, 7) is 11.0. The van der Waals surface area contributed by atoms with Crippen LogP contribution >= 0.6 is 0 Å². The van der Waals surface area contributed by atoms with Crippen LogP contribution in [0.5, 0.6) is 0 Å². The van der Waals surface area contributed by atoms with Gasteiger partial charge in [-0.2, -0.15) is 0 Å². The highest BCUT2D eigenvalue weighted by atomic mass is 14.6. The Morgan fingerprint density at radius 2 is 1.36 bits per heavy atom. The van der Waals surface area contributed by atoms with Crippen LogP contribution in [0.3, 0.4) is 0 Å². The first-order chi connectivity index (χ1) is 10.5. The number of hydrogen-bond acceptors (Lipinski definition) is 1. The van der Waals surface area contributed by atoms with Crippen molar-refractivity contribution >= 4 is 7.85 Å². The lowest BCUT2D eigenvalue weighted by atomic mass is 9.79. The van der Waals surface area contributed by atoms with Gasteiger partial charge in [0, 0.05) is 12.4 Å². The Morgan fingerprint density at radius 3 is 1.77 bits per heavy atom. The van der Waals surface area contributed by atoms with Crippen LogP contribution in [0.2, 0.25) is 0 Å². The van der Waals surface area contributed by atoms with Crippen LogP contribution in [0.15, 0.2) is 48.8 Å². The minimum atomic E-state index is 0.580. The van der Waals surface area contributed by atoms with Crippen LogP contribution in [0.25, 0.3) is 0 Å². The maximum Gasteiger partial charge on any atom is 0.111 e. The summed E-state index contributed by atoms with van der Waals surface area (Å²) in [7, 11) is 2.26. The van der Waals surface area contributed by atoms with Gasteiger partial charge in [-0.15, -0.1) is 0 Å². The maximum absolute atomic E-state index is 4.23. The van der Waals surface area contributed by atoms with Crippen LogP contribution in [0, 0.1) is 0 Å². The van der Waals surface area contributed by atoms with E-state index >= 15 is 0 Å². The Bertz CT molecular complexity index is 511. The molecule has 0 radical (unpaired) electrons. The predicted molar refractivity (Wildman–Crippen MR) is 100 cm³/mol. The van der Waals surface area contributed by atoms with Gasteiger partial charge in [0.2, 0.25) is 0 Å². The highest BCUT2D eigenvalue weighted by Gasteiger charge is 2.03. The summed E-state index contributed by atoms with van der Waals surface area (Å²) in [5, 5.41) is 0. The van der Waals surface area contributed by atoms with Gasteiger partial charge in [-0.25, -0.2) is 0 Å². The minimum Gasteiger partial charge on any atom is -0.264 e. The summed E-state index contributed by atoms with van der Waals surface area (Å²) in [6, 6.07) is 12.9. The molecule has 0 aliphatic rings. The van der Waals surface area contributed by atoms with Gasteiger partial charge in [-0.3, -0.25) is 4.98 Å². The molecule has 22 heavy (non-hydrogen) atoms. The molecule has 2 heteroatoms. The third-order valence-corrected chi connectivity index (χ3v) is 4.09. The molecule has 0 saturated heterocycles. The van der Waals surface area contributed by atoms with Crippen molar-refractivity contribution in [2.24, 2.45) is 0 Å². The molecule has 1 atom stereocenters. The average molecular weight is 295 g/mol.